The summed E-state index contributed by atoms with van der Waals surface area (Å²) in [4.78, 5) is 22.3. The van der Waals surface area contributed by atoms with Crippen LogP contribution in [0.1, 0.15) is 10.4 Å². The van der Waals surface area contributed by atoms with Crippen LogP contribution >= 0.6 is 12.2 Å². The Hall–Kier alpha value is -3.00. The number of amides is 1. The number of nitrogens with one attached hydrogen (secondary N) is 2. The van der Waals surface area contributed by atoms with Crippen LogP contribution in [0.2, 0.25) is 0 Å². The maximum absolute atomic E-state index is 12.2. The molecule has 2 aromatic rings. The van der Waals surface area contributed by atoms with Gasteiger partial charge < -0.3 is 10.1 Å². The van der Waals surface area contributed by atoms with E-state index >= 15 is 0 Å². The Morgan fingerprint density at radius 3 is 2.43 bits per heavy atom. The summed E-state index contributed by atoms with van der Waals surface area (Å²) >= 11 is 5.06. The number of non-ortho nitro benzene ring substituents is 1. The molecule has 0 fully saturated rings. The number of nitrogens with zero attached hydrogens (tertiary/aromatic N) is 1. The third-order valence-corrected chi connectivity index (χ3v) is 3.12. The predicted octanol–water partition coefficient (Wildman–Crippen LogP) is 2.73. The Balaban J connectivity index is 2.01. The van der Waals surface area contributed by atoms with Crippen LogP contribution in [0.4, 0.5) is 11.4 Å². The molecular weight excluding hydrogens is 318 g/mol. The molecule has 0 spiro atoms. The molecule has 0 unspecified atom stereocenters. The van der Waals surface area contributed by atoms with Crippen molar-refractivity contribution in [2.45, 2.75) is 0 Å². The molecule has 0 aliphatic heterocycles. The number of carbonyl (C=O) groups is 1. The molecule has 1 amide bonds. The van der Waals surface area contributed by atoms with Crippen molar-refractivity contribution in [1.29, 1.82) is 0 Å². The maximum Gasteiger partial charge on any atom is 0.269 e. The lowest BCUT2D eigenvalue weighted by Gasteiger charge is -2.11. The summed E-state index contributed by atoms with van der Waals surface area (Å²) in [5.74, 6) is 0.0185. The number of hydrogen-bond donors (Lipinski definition) is 2. The van der Waals surface area contributed by atoms with Gasteiger partial charge in [-0.2, -0.15) is 0 Å². The number of carbonyl (C=O) groups excluding carboxylic acids is 1. The number of ether oxygens (including phenoxy) is 1. The zero-order valence-electron chi connectivity index (χ0n) is 12.1. The molecule has 2 aromatic carbocycles. The fraction of sp³-hybridized carbons (Fsp3) is 0.0667. The molecule has 0 radical (unpaired) electrons. The SMILES string of the molecule is COc1ccccc1C(=O)NC(=S)Nc1ccc([N+](=O)[O-])cc1. The number of nitro benzene ring substituents is 1. The summed E-state index contributed by atoms with van der Waals surface area (Å²) in [5.41, 5.74) is 0.850. The highest BCUT2D eigenvalue weighted by Crippen LogP contribution is 2.17. The van der Waals surface area contributed by atoms with Crippen molar-refractivity contribution in [3.05, 3.63) is 64.2 Å². The smallest absolute Gasteiger partial charge is 0.269 e. The van der Waals surface area contributed by atoms with Gasteiger partial charge in [0.05, 0.1) is 17.6 Å². The molecule has 0 atom stereocenters. The van der Waals surface area contributed by atoms with Crippen LogP contribution in [-0.4, -0.2) is 23.1 Å². The van der Waals surface area contributed by atoms with Gasteiger partial charge in [0.25, 0.3) is 11.6 Å². The Labute approximate surface area is 137 Å². The molecule has 0 aliphatic carbocycles. The van der Waals surface area contributed by atoms with Gasteiger partial charge in [0.15, 0.2) is 5.11 Å². The third kappa shape index (κ3) is 4.24. The number of hydrogen-bond acceptors (Lipinski definition) is 5. The average molecular weight is 331 g/mol. The van der Waals surface area contributed by atoms with Crippen molar-refractivity contribution < 1.29 is 14.5 Å². The number of benzene rings is 2. The molecular formula is C15H13N3O4S. The number of nitro groups is 1. The molecule has 2 rings (SSSR count). The molecule has 0 heterocycles. The van der Waals surface area contributed by atoms with Gasteiger partial charge >= 0.3 is 0 Å². The highest BCUT2D eigenvalue weighted by molar-refractivity contribution is 7.80. The van der Waals surface area contributed by atoms with Crippen molar-refractivity contribution >= 4 is 34.6 Å². The van der Waals surface area contributed by atoms with Crippen LogP contribution in [0, 0.1) is 10.1 Å². The molecule has 8 heteroatoms. The van der Waals surface area contributed by atoms with Crippen LogP contribution in [-0.2, 0) is 0 Å². The summed E-state index contributed by atoms with van der Waals surface area (Å²) in [5, 5.41) is 16.0. The zero-order chi connectivity index (χ0) is 16.8. The maximum atomic E-state index is 12.2. The van der Waals surface area contributed by atoms with Gasteiger partial charge in [0.1, 0.15) is 5.75 Å². The second-order valence-electron chi connectivity index (χ2n) is 4.41. The number of thiocarbonyl (C=S) groups is 1. The molecule has 0 saturated carbocycles. The first-order chi connectivity index (χ1) is 11.0. The topological polar surface area (TPSA) is 93.5 Å². The minimum absolute atomic E-state index is 0.0282. The highest BCUT2D eigenvalue weighted by Gasteiger charge is 2.13. The van der Waals surface area contributed by atoms with Gasteiger partial charge in [0, 0.05) is 17.8 Å². The van der Waals surface area contributed by atoms with Gasteiger partial charge in [0.2, 0.25) is 0 Å². The minimum Gasteiger partial charge on any atom is -0.496 e. The van der Waals surface area contributed by atoms with E-state index in [2.05, 4.69) is 10.6 Å². The number of rotatable bonds is 4. The molecule has 0 aliphatic rings. The molecule has 0 bridgehead atoms. The van der Waals surface area contributed by atoms with Crippen molar-refractivity contribution in [1.82, 2.24) is 5.32 Å². The number of para-hydroxylation sites is 1. The van der Waals surface area contributed by atoms with E-state index in [0.29, 0.717) is 17.0 Å². The first-order valence-electron chi connectivity index (χ1n) is 6.51. The molecule has 2 N–H and O–H groups in total. The molecule has 0 aromatic heterocycles. The summed E-state index contributed by atoms with van der Waals surface area (Å²) in [6.45, 7) is 0. The van der Waals surface area contributed by atoms with E-state index < -0.39 is 10.8 Å². The minimum atomic E-state index is -0.494. The summed E-state index contributed by atoms with van der Waals surface area (Å²) in [7, 11) is 1.47. The lowest BCUT2D eigenvalue weighted by atomic mass is 10.2. The fourth-order valence-electron chi connectivity index (χ4n) is 1.83. The van der Waals surface area contributed by atoms with Crippen molar-refractivity contribution in [3.8, 4) is 5.75 Å². The monoisotopic (exact) mass is 331 g/mol. The highest BCUT2D eigenvalue weighted by atomic mass is 32.1. The Bertz CT molecular complexity index is 747. The van der Waals surface area contributed by atoms with Crippen LogP contribution in [0.15, 0.2) is 48.5 Å². The van der Waals surface area contributed by atoms with Gasteiger partial charge in [-0.05, 0) is 36.5 Å². The lowest BCUT2D eigenvalue weighted by molar-refractivity contribution is -0.384. The average Bonchev–Trinajstić information content (AvgIpc) is 2.55. The van der Waals surface area contributed by atoms with Crippen molar-refractivity contribution in [2.75, 3.05) is 12.4 Å². The van der Waals surface area contributed by atoms with E-state index in [-0.39, 0.29) is 10.8 Å². The molecule has 0 saturated heterocycles. The van der Waals surface area contributed by atoms with Crippen LogP contribution in [0.25, 0.3) is 0 Å². The molecule has 118 valence electrons. The number of anilines is 1. The summed E-state index contributed by atoms with van der Waals surface area (Å²) < 4.78 is 5.11. The fourth-order valence-corrected chi connectivity index (χ4v) is 2.04. The van der Waals surface area contributed by atoms with Crippen molar-refractivity contribution in [3.63, 3.8) is 0 Å². The quantitative estimate of drug-likeness (QED) is 0.508. The number of methoxy groups -OCH3 is 1. The van der Waals surface area contributed by atoms with Gasteiger partial charge in [-0.3, -0.25) is 20.2 Å². The first-order valence-corrected chi connectivity index (χ1v) is 6.92. The second-order valence-corrected chi connectivity index (χ2v) is 4.82. The van der Waals surface area contributed by atoms with E-state index in [9.17, 15) is 14.9 Å². The third-order valence-electron chi connectivity index (χ3n) is 2.91. The Kier molecular flexibility index (Phi) is 5.21. The largest absolute Gasteiger partial charge is 0.496 e. The van der Waals surface area contributed by atoms with Gasteiger partial charge in [-0.1, -0.05) is 12.1 Å². The van der Waals surface area contributed by atoms with Gasteiger partial charge in [-0.25, -0.2) is 0 Å². The van der Waals surface area contributed by atoms with Crippen molar-refractivity contribution in [2.24, 2.45) is 0 Å². The van der Waals surface area contributed by atoms with E-state index in [1.807, 2.05) is 0 Å². The Morgan fingerprint density at radius 2 is 1.83 bits per heavy atom. The standard InChI is InChI=1S/C15H13N3O4S/c1-22-13-5-3-2-4-12(13)14(19)17-15(23)16-10-6-8-11(9-7-10)18(20)21/h2-9H,1H3,(H2,16,17,19,23). The van der Waals surface area contributed by atoms with Crippen LogP contribution in [0.3, 0.4) is 0 Å². The van der Waals surface area contributed by atoms with Crippen LogP contribution in [0.5, 0.6) is 5.75 Å². The zero-order valence-corrected chi connectivity index (χ0v) is 12.9. The summed E-state index contributed by atoms with van der Waals surface area (Å²) in [6.07, 6.45) is 0. The van der Waals surface area contributed by atoms with E-state index in [1.54, 1.807) is 24.3 Å². The van der Waals surface area contributed by atoms with Gasteiger partial charge in [-0.15, -0.1) is 0 Å². The predicted molar refractivity (Wildman–Crippen MR) is 89.8 cm³/mol. The van der Waals surface area contributed by atoms with E-state index in [1.165, 1.54) is 31.4 Å². The van der Waals surface area contributed by atoms with Crippen LogP contribution < -0.4 is 15.4 Å². The molecule has 23 heavy (non-hydrogen) atoms. The van der Waals surface area contributed by atoms with E-state index in [4.69, 9.17) is 17.0 Å². The first kappa shape index (κ1) is 16.4. The molecule has 7 nitrogen and oxygen atoms in total. The van der Waals surface area contributed by atoms with E-state index in [0.717, 1.165) is 0 Å². The lowest BCUT2D eigenvalue weighted by Crippen LogP contribution is -2.34. The second kappa shape index (κ2) is 7.32. The summed E-state index contributed by atoms with van der Waals surface area (Å²) in [6, 6.07) is 12.4. The normalized spacial score (nSPS) is 9.78. The Morgan fingerprint density at radius 1 is 1.17 bits per heavy atom.